The summed E-state index contributed by atoms with van der Waals surface area (Å²) in [6, 6.07) is 7.54. The monoisotopic (exact) mass is 647 g/mol. The lowest BCUT2D eigenvalue weighted by Crippen LogP contribution is -2.57. The average molecular weight is 648 g/mol. The van der Waals surface area contributed by atoms with Crippen molar-refractivity contribution in [1.29, 1.82) is 0 Å². The van der Waals surface area contributed by atoms with Gasteiger partial charge in [-0.1, -0.05) is 62.4 Å². The maximum atomic E-state index is 13.9. The molecule has 0 radical (unpaired) electrons. The average Bonchev–Trinajstić information content (AvgIpc) is 3.71. The first-order chi connectivity index (χ1) is 20.8. The van der Waals surface area contributed by atoms with E-state index >= 15 is 0 Å². The standard InChI is InChI=1S/C33H49N3O6S2/c1-33(2,3)44(41,42)20-25(16-22-10-6-4-7-11-22)31(39)36-28(18-26-19-43-21-34-26)32(40)35-27(17-23-12-8-5-9-13-23)30(38)29(37)24-14-15-24/h4,6-7,10-11,19,21,23-25,27-30,37-38H,5,8-9,12-18,20H2,1-3H3,(H,35,40)(H,36,39)/t25-,27+,28?,29+,30-/m1/s1. The maximum Gasteiger partial charge on any atom is 0.243 e. The molecule has 2 aromatic rings. The van der Waals surface area contributed by atoms with Crippen LogP contribution >= 0.6 is 11.3 Å². The minimum atomic E-state index is -3.66. The number of carbonyl (C=O) groups is 2. The van der Waals surface area contributed by atoms with Gasteiger partial charge < -0.3 is 20.8 Å². The van der Waals surface area contributed by atoms with Gasteiger partial charge >= 0.3 is 0 Å². The first kappa shape index (κ1) is 34.5. The molecule has 1 aromatic carbocycles. The highest BCUT2D eigenvalue weighted by atomic mass is 32.2. The van der Waals surface area contributed by atoms with Crippen molar-refractivity contribution in [1.82, 2.24) is 15.6 Å². The van der Waals surface area contributed by atoms with Crippen LogP contribution < -0.4 is 10.6 Å². The van der Waals surface area contributed by atoms with Crippen molar-refractivity contribution in [2.75, 3.05) is 5.75 Å². The molecule has 2 saturated carbocycles. The molecule has 0 spiro atoms. The fraction of sp³-hybridized carbons (Fsp3) is 0.667. The van der Waals surface area contributed by atoms with Crippen molar-refractivity contribution < 1.29 is 28.2 Å². The number of aliphatic hydroxyl groups is 2. The van der Waals surface area contributed by atoms with Gasteiger partial charge in [0, 0.05) is 11.8 Å². The minimum Gasteiger partial charge on any atom is -0.390 e. The molecule has 0 saturated heterocycles. The molecular weight excluding hydrogens is 599 g/mol. The van der Waals surface area contributed by atoms with E-state index in [9.17, 15) is 28.2 Å². The highest BCUT2D eigenvalue weighted by molar-refractivity contribution is 7.92. The van der Waals surface area contributed by atoms with E-state index in [4.69, 9.17) is 0 Å². The third-order valence-corrected chi connectivity index (χ3v) is 12.4. The number of sulfone groups is 1. The summed E-state index contributed by atoms with van der Waals surface area (Å²) in [5.74, 6) is -1.93. The highest BCUT2D eigenvalue weighted by Gasteiger charge is 2.41. The van der Waals surface area contributed by atoms with Gasteiger partial charge in [0.15, 0.2) is 9.84 Å². The Bertz CT molecular complexity index is 1300. The van der Waals surface area contributed by atoms with Crippen LogP contribution in [0.1, 0.15) is 83.4 Å². The van der Waals surface area contributed by atoms with Crippen molar-refractivity contribution in [3.8, 4) is 0 Å². The largest absolute Gasteiger partial charge is 0.390 e. The van der Waals surface area contributed by atoms with Gasteiger partial charge in [0.2, 0.25) is 11.8 Å². The molecule has 11 heteroatoms. The second-order valence-electron chi connectivity index (χ2n) is 13.7. The van der Waals surface area contributed by atoms with Crippen LogP contribution in [0, 0.1) is 17.8 Å². The van der Waals surface area contributed by atoms with E-state index in [1.165, 1.54) is 17.8 Å². The van der Waals surface area contributed by atoms with Crippen LogP contribution in [-0.2, 0) is 32.3 Å². The molecular formula is C33H49N3O6S2. The number of carbonyl (C=O) groups excluding carboxylic acids is 2. The van der Waals surface area contributed by atoms with Crippen LogP contribution in [0.3, 0.4) is 0 Å². The Morgan fingerprint density at radius 3 is 2.25 bits per heavy atom. The number of hydrogen-bond acceptors (Lipinski definition) is 8. The molecule has 1 aromatic heterocycles. The third-order valence-electron chi connectivity index (χ3n) is 9.09. The number of nitrogens with one attached hydrogen (secondary N) is 2. The zero-order chi connectivity index (χ0) is 31.9. The van der Waals surface area contributed by atoms with E-state index in [0.717, 1.165) is 44.1 Å². The Morgan fingerprint density at radius 1 is 0.977 bits per heavy atom. The number of amides is 2. The Labute approximate surface area is 266 Å². The van der Waals surface area contributed by atoms with Crippen LogP contribution in [0.15, 0.2) is 41.2 Å². The molecule has 4 rings (SSSR count). The minimum absolute atomic E-state index is 0.0322. The molecule has 0 aliphatic heterocycles. The van der Waals surface area contributed by atoms with Crippen LogP contribution in [0.25, 0.3) is 0 Å². The van der Waals surface area contributed by atoms with E-state index in [1.54, 1.807) is 26.3 Å². The van der Waals surface area contributed by atoms with E-state index in [0.29, 0.717) is 18.0 Å². The number of rotatable bonds is 15. The molecule has 1 unspecified atom stereocenters. The summed E-state index contributed by atoms with van der Waals surface area (Å²) in [5, 5.41) is 29.7. The zero-order valence-electron chi connectivity index (χ0n) is 26.2. The van der Waals surface area contributed by atoms with Gasteiger partial charge in [-0.15, -0.1) is 11.3 Å². The number of aliphatic hydroxyl groups excluding tert-OH is 2. The normalized spacial score (nSPS) is 19.8. The number of benzene rings is 1. The van der Waals surface area contributed by atoms with Gasteiger partial charge in [-0.3, -0.25) is 9.59 Å². The lowest BCUT2D eigenvalue weighted by molar-refractivity contribution is -0.132. The Balaban J connectivity index is 1.56. The van der Waals surface area contributed by atoms with Crippen molar-refractivity contribution >= 4 is 33.0 Å². The quantitative estimate of drug-likeness (QED) is 0.230. The molecule has 0 bridgehead atoms. The summed E-state index contributed by atoms with van der Waals surface area (Å²) < 4.78 is 25.4. The molecule has 2 amide bonds. The Hall–Kier alpha value is -2.34. The predicted octanol–water partition coefficient (Wildman–Crippen LogP) is 3.83. The summed E-state index contributed by atoms with van der Waals surface area (Å²) in [5.41, 5.74) is 3.10. The Morgan fingerprint density at radius 2 is 1.66 bits per heavy atom. The lowest BCUT2D eigenvalue weighted by Gasteiger charge is -2.33. The van der Waals surface area contributed by atoms with Crippen molar-refractivity contribution in [2.45, 2.75) is 114 Å². The smallest absolute Gasteiger partial charge is 0.243 e. The first-order valence-electron chi connectivity index (χ1n) is 15.9. The predicted molar refractivity (Wildman–Crippen MR) is 173 cm³/mol. The fourth-order valence-electron chi connectivity index (χ4n) is 5.99. The molecule has 5 atom stereocenters. The van der Waals surface area contributed by atoms with E-state index < -0.39 is 56.6 Å². The van der Waals surface area contributed by atoms with Gasteiger partial charge in [-0.2, -0.15) is 0 Å². The Kier molecular flexibility index (Phi) is 12.0. The van der Waals surface area contributed by atoms with Crippen molar-refractivity contribution in [3.63, 3.8) is 0 Å². The summed E-state index contributed by atoms with van der Waals surface area (Å²) in [6.45, 7) is 4.85. The van der Waals surface area contributed by atoms with Gasteiger partial charge in [-0.05, 0) is 63.9 Å². The fourth-order valence-corrected chi connectivity index (χ4v) is 7.86. The third kappa shape index (κ3) is 9.83. The molecule has 9 nitrogen and oxygen atoms in total. The molecule has 2 aliphatic rings. The van der Waals surface area contributed by atoms with Crippen LogP contribution in [-0.4, -0.2) is 70.2 Å². The maximum absolute atomic E-state index is 13.9. The molecule has 44 heavy (non-hydrogen) atoms. The summed E-state index contributed by atoms with van der Waals surface area (Å²) in [6.07, 6.45) is 5.95. The molecule has 2 aliphatic carbocycles. The highest BCUT2D eigenvalue weighted by Crippen LogP contribution is 2.36. The second kappa shape index (κ2) is 15.3. The number of nitrogens with zero attached hydrogens (tertiary/aromatic N) is 1. The van der Waals surface area contributed by atoms with Gasteiger partial charge in [0.1, 0.15) is 12.1 Å². The number of hydrogen-bond donors (Lipinski definition) is 4. The summed E-state index contributed by atoms with van der Waals surface area (Å²) in [4.78, 5) is 32.1. The molecule has 1 heterocycles. The van der Waals surface area contributed by atoms with Crippen LogP contribution in [0.5, 0.6) is 0 Å². The summed E-state index contributed by atoms with van der Waals surface area (Å²) >= 11 is 1.38. The second-order valence-corrected chi connectivity index (χ2v) is 17.2. The summed E-state index contributed by atoms with van der Waals surface area (Å²) in [7, 11) is -3.66. The van der Waals surface area contributed by atoms with Crippen molar-refractivity contribution in [2.24, 2.45) is 17.8 Å². The number of aromatic nitrogens is 1. The van der Waals surface area contributed by atoms with Gasteiger partial charge in [0.25, 0.3) is 0 Å². The van der Waals surface area contributed by atoms with E-state index in [1.807, 2.05) is 35.7 Å². The van der Waals surface area contributed by atoms with E-state index in [-0.39, 0.29) is 24.5 Å². The van der Waals surface area contributed by atoms with Crippen LogP contribution in [0.4, 0.5) is 0 Å². The first-order valence-corrected chi connectivity index (χ1v) is 18.5. The molecule has 244 valence electrons. The SMILES string of the molecule is CC(C)(C)S(=O)(=O)C[C@@H](Cc1ccccc1)C(=O)NC(Cc1cscn1)C(=O)N[C@@H](CC1CCCCC1)[C@@H](O)[C@@H](O)C1CC1. The number of thiazole rings is 1. The van der Waals surface area contributed by atoms with Gasteiger partial charge in [0.05, 0.1) is 39.8 Å². The topological polar surface area (TPSA) is 146 Å². The molecule has 2 fully saturated rings. The zero-order valence-corrected chi connectivity index (χ0v) is 27.8. The lowest BCUT2D eigenvalue weighted by atomic mass is 9.82. The van der Waals surface area contributed by atoms with Crippen LogP contribution in [0.2, 0.25) is 0 Å². The van der Waals surface area contributed by atoms with Gasteiger partial charge in [-0.25, -0.2) is 13.4 Å². The molecule has 4 N–H and O–H groups in total. The van der Waals surface area contributed by atoms with E-state index in [2.05, 4.69) is 15.6 Å². The van der Waals surface area contributed by atoms with Crippen molar-refractivity contribution in [3.05, 3.63) is 52.5 Å².